The fourth-order valence-corrected chi connectivity index (χ4v) is 6.99. The van der Waals surface area contributed by atoms with Crippen LogP contribution in [-0.4, -0.2) is 25.1 Å². The summed E-state index contributed by atoms with van der Waals surface area (Å²) in [5, 5.41) is 5.53. The van der Waals surface area contributed by atoms with E-state index in [1.165, 1.54) is 11.3 Å². The maximum absolute atomic E-state index is 6.40. The monoisotopic (exact) mass is 461 g/mol. The van der Waals surface area contributed by atoms with E-state index in [0.29, 0.717) is 0 Å². The van der Waals surface area contributed by atoms with Gasteiger partial charge in [0, 0.05) is 35.4 Å². The maximum atomic E-state index is 6.40. The molecule has 0 bridgehead atoms. The molecule has 2 heterocycles. The molecule has 2 aromatic carbocycles. The SMILES string of the molecule is CN1C(=C2C=NN(C)P2(=S)Oc2ccccc2)C(C)(C)c2cc(Br)ccc21. The van der Waals surface area contributed by atoms with E-state index in [4.69, 9.17) is 16.3 Å². The molecule has 27 heavy (non-hydrogen) atoms. The summed E-state index contributed by atoms with van der Waals surface area (Å²) in [6.07, 6.45) is -0.642. The van der Waals surface area contributed by atoms with Crippen LogP contribution in [0.4, 0.5) is 5.69 Å². The minimum atomic E-state index is -2.53. The molecule has 1 unspecified atom stereocenters. The third kappa shape index (κ3) is 2.86. The maximum Gasteiger partial charge on any atom is 0.253 e. The molecule has 4 nitrogen and oxygen atoms in total. The molecule has 7 heteroatoms. The number of rotatable bonds is 2. The quantitative estimate of drug-likeness (QED) is 0.535. The summed E-state index contributed by atoms with van der Waals surface area (Å²) < 4.78 is 9.29. The van der Waals surface area contributed by atoms with Crippen molar-refractivity contribution in [3.63, 3.8) is 0 Å². The van der Waals surface area contributed by atoms with E-state index in [9.17, 15) is 0 Å². The van der Waals surface area contributed by atoms with Crippen LogP contribution in [0.15, 0.2) is 69.1 Å². The lowest BCUT2D eigenvalue weighted by molar-refractivity contribution is 0.507. The van der Waals surface area contributed by atoms with Gasteiger partial charge in [0.05, 0.1) is 11.5 Å². The lowest BCUT2D eigenvalue weighted by Crippen LogP contribution is -2.26. The predicted molar refractivity (Wildman–Crippen MR) is 120 cm³/mol. The number of likely N-dealkylation sites (N-methyl/N-ethyl adjacent to an activating group) is 1. The summed E-state index contributed by atoms with van der Waals surface area (Å²) >= 11 is 9.73. The third-order valence-electron chi connectivity index (χ3n) is 5.17. The Morgan fingerprint density at radius 1 is 1.11 bits per heavy atom. The van der Waals surface area contributed by atoms with Gasteiger partial charge in [-0.05, 0) is 47.7 Å². The van der Waals surface area contributed by atoms with E-state index in [-0.39, 0.29) is 5.41 Å². The van der Waals surface area contributed by atoms with E-state index in [2.05, 4.69) is 65.0 Å². The Hall–Kier alpha value is -1.62. The standard InChI is InChI=1S/C20H21BrN3OPS/c1-20(2)16-12-14(21)10-11-17(16)23(3)19(20)18-13-22-24(4)26(18,27)25-15-8-6-5-7-9-15/h5-13H,1-4H3. The van der Waals surface area contributed by atoms with E-state index < -0.39 is 6.42 Å². The Morgan fingerprint density at radius 2 is 1.81 bits per heavy atom. The first-order valence-corrected chi connectivity index (χ1v) is 12.1. The lowest BCUT2D eigenvalue weighted by atomic mass is 9.84. The van der Waals surface area contributed by atoms with Crippen LogP contribution in [0.3, 0.4) is 0 Å². The molecule has 0 saturated carbocycles. The summed E-state index contributed by atoms with van der Waals surface area (Å²) in [5.74, 6) is 0.773. The Kier molecular flexibility index (Phi) is 4.49. The van der Waals surface area contributed by atoms with Gasteiger partial charge in [-0.2, -0.15) is 5.10 Å². The highest BCUT2D eigenvalue weighted by Gasteiger charge is 2.46. The number of halogens is 1. The zero-order valence-electron chi connectivity index (χ0n) is 15.7. The van der Waals surface area contributed by atoms with Crippen LogP contribution in [0.1, 0.15) is 19.4 Å². The van der Waals surface area contributed by atoms with E-state index in [0.717, 1.165) is 21.2 Å². The number of hydrogen-bond acceptors (Lipinski definition) is 4. The molecule has 0 radical (unpaired) electrons. The van der Waals surface area contributed by atoms with Crippen LogP contribution in [0.25, 0.3) is 0 Å². The van der Waals surface area contributed by atoms with Gasteiger partial charge in [0.15, 0.2) is 0 Å². The molecule has 0 aliphatic carbocycles. The van der Waals surface area contributed by atoms with Crippen LogP contribution in [0.5, 0.6) is 5.75 Å². The molecule has 0 spiro atoms. The molecule has 0 N–H and O–H groups in total. The van der Waals surface area contributed by atoms with Gasteiger partial charge in [-0.15, -0.1) is 0 Å². The van der Waals surface area contributed by atoms with Crippen LogP contribution in [0, 0.1) is 0 Å². The molecule has 0 aromatic heterocycles. The van der Waals surface area contributed by atoms with Gasteiger partial charge in [0.25, 0.3) is 6.42 Å². The van der Waals surface area contributed by atoms with Crippen molar-refractivity contribution in [3.05, 3.63) is 69.6 Å². The van der Waals surface area contributed by atoms with Crippen molar-refractivity contribution in [1.82, 2.24) is 4.78 Å². The second-order valence-corrected chi connectivity index (χ2v) is 11.9. The molecule has 0 fully saturated rings. The Morgan fingerprint density at radius 3 is 2.52 bits per heavy atom. The predicted octanol–water partition coefficient (Wildman–Crippen LogP) is 5.71. The Bertz CT molecular complexity index is 1020. The molecule has 4 rings (SSSR count). The molecule has 2 aliphatic heterocycles. The van der Waals surface area contributed by atoms with Crippen molar-refractivity contribution in [3.8, 4) is 5.75 Å². The zero-order valence-corrected chi connectivity index (χ0v) is 19.0. The van der Waals surface area contributed by atoms with E-state index in [1.807, 2.05) is 48.4 Å². The number of hydrogen-bond donors (Lipinski definition) is 0. The molecular formula is C20H21BrN3OPS. The number of hydrazone groups is 1. The van der Waals surface area contributed by atoms with Gasteiger partial charge >= 0.3 is 0 Å². The minimum absolute atomic E-state index is 0.204. The first kappa shape index (κ1) is 18.7. The number of fused-ring (bicyclic) bond motifs is 1. The second-order valence-electron chi connectivity index (χ2n) is 7.24. The Balaban J connectivity index is 1.88. The zero-order chi connectivity index (χ0) is 19.4. The number of anilines is 1. The van der Waals surface area contributed by atoms with Crippen molar-refractivity contribution in [2.45, 2.75) is 19.3 Å². The van der Waals surface area contributed by atoms with Gasteiger partial charge in [-0.1, -0.05) is 48.0 Å². The van der Waals surface area contributed by atoms with Crippen molar-refractivity contribution < 1.29 is 4.52 Å². The van der Waals surface area contributed by atoms with Crippen LogP contribution in [-0.2, 0) is 17.2 Å². The average molecular weight is 462 g/mol. The first-order chi connectivity index (χ1) is 12.7. The van der Waals surface area contributed by atoms with Crippen molar-refractivity contribution in [2.75, 3.05) is 19.0 Å². The molecular weight excluding hydrogens is 441 g/mol. The van der Waals surface area contributed by atoms with E-state index in [1.54, 1.807) is 0 Å². The van der Waals surface area contributed by atoms with Crippen molar-refractivity contribution >= 4 is 46.1 Å². The third-order valence-corrected chi connectivity index (χ3v) is 9.44. The molecule has 2 aromatic rings. The fraction of sp³-hybridized carbons (Fsp3) is 0.250. The summed E-state index contributed by atoms with van der Waals surface area (Å²) in [6, 6.07) is 16.2. The molecule has 1 atom stereocenters. The highest BCUT2D eigenvalue weighted by atomic mass is 79.9. The lowest BCUT2D eigenvalue weighted by Gasteiger charge is -2.31. The highest BCUT2D eigenvalue weighted by molar-refractivity contribution is 9.10. The number of nitrogens with zero attached hydrogens (tertiary/aromatic N) is 3. The first-order valence-electron chi connectivity index (χ1n) is 8.67. The number of benzene rings is 2. The molecule has 0 saturated heterocycles. The Labute approximate surface area is 173 Å². The summed E-state index contributed by atoms with van der Waals surface area (Å²) in [4.78, 5) is 2.23. The van der Waals surface area contributed by atoms with Gasteiger partial charge in [-0.25, -0.2) is 4.78 Å². The van der Waals surface area contributed by atoms with Gasteiger partial charge in [-0.3, -0.25) is 0 Å². The minimum Gasteiger partial charge on any atom is -0.444 e. The highest BCUT2D eigenvalue weighted by Crippen LogP contribution is 2.64. The van der Waals surface area contributed by atoms with Crippen molar-refractivity contribution in [2.24, 2.45) is 5.10 Å². The normalized spacial score (nSPS) is 25.8. The summed E-state index contributed by atoms with van der Waals surface area (Å²) in [6.45, 7) is 4.47. The molecule has 0 amide bonds. The molecule has 2 aliphatic rings. The summed E-state index contributed by atoms with van der Waals surface area (Å²) in [5.41, 5.74) is 3.41. The number of allylic oxidation sites excluding steroid dienone is 2. The van der Waals surface area contributed by atoms with Gasteiger partial charge < -0.3 is 9.42 Å². The van der Waals surface area contributed by atoms with E-state index >= 15 is 0 Å². The number of para-hydroxylation sites is 1. The smallest absolute Gasteiger partial charge is 0.253 e. The molecule has 140 valence electrons. The van der Waals surface area contributed by atoms with Crippen LogP contribution in [0.2, 0.25) is 0 Å². The second kappa shape index (κ2) is 6.47. The van der Waals surface area contributed by atoms with Crippen LogP contribution >= 0.6 is 22.3 Å². The average Bonchev–Trinajstić information content (AvgIpc) is 3.00. The summed E-state index contributed by atoms with van der Waals surface area (Å²) in [7, 11) is 4.00. The topological polar surface area (TPSA) is 28.1 Å². The fourth-order valence-electron chi connectivity index (χ4n) is 3.82. The largest absolute Gasteiger partial charge is 0.444 e. The van der Waals surface area contributed by atoms with Gasteiger partial charge in [0.2, 0.25) is 0 Å². The van der Waals surface area contributed by atoms with Gasteiger partial charge in [0.1, 0.15) is 5.75 Å². The van der Waals surface area contributed by atoms with Crippen LogP contribution < -0.4 is 9.42 Å². The van der Waals surface area contributed by atoms with Crippen molar-refractivity contribution in [1.29, 1.82) is 0 Å².